The molecule has 82 valence electrons. The number of aliphatic hydroxyl groups excluding tert-OH is 1. The van der Waals surface area contributed by atoms with Gasteiger partial charge in [0.1, 0.15) is 0 Å². The fourth-order valence-electron chi connectivity index (χ4n) is 0.914. The molecule has 0 heterocycles. The summed E-state index contributed by atoms with van der Waals surface area (Å²) in [6.07, 6.45) is -0.896. The Labute approximate surface area is 82.6 Å². The highest BCUT2D eigenvalue weighted by molar-refractivity contribution is 5.66. The van der Waals surface area contributed by atoms with E-state index in [9.17, 15) is 9.18 Å². The number of hydrogen-bond donors (Lipinski definition) is 2. The standard InChI is InChI=1S/C9H16FNO3/c1-9(2,3)11(8(13)14)5-7(4-10)6-12/h4,12H,5-6H2,1-3H3,(H,13,14). The Hall–Kier alpha value is -1.10. The Morgan fingerprint density at radius 3 is 2.21 bits per heavy atom. The third kappa shape index (κ3) is 3.74. The maximum absolute atomic E-state index is 12.1. The van der Waals surface area contributed by atoms with Gasteiger partial charge in [0.25, 0.3) is 0 Å². The summed E-state index contributed by atoms with van der Waals surface area (Å²) in [7, 11) is 0. The van der Waals surface area contributed by atoms with Gasteiger partial charge >= 0.3 is 6.09 Å². The Balaban J connectivity index is 4.63. The minimum absolute atomic E-state index is 0.0438. The molecule has 0 saturated heterocycles. The molecule has 14 heavy (non-hydrogen) atoms. The smallest absolute Gasteiger partial charge is 0.408 e. The largest absolute Gasteiger partial charge is 0.465 e. The van der Waals surface area contributed by atoms with Crippen LogP contribution >= 0.6 is 0 Å². The van der Waals surface area contributed by atoms with Crippen molar-refractivity contribution in [3.8, 4) is 0 Å². The van der Waals surface area contributed by atoms with Crippen LogP contribution in [0.2, 0.25) is 0 Å². The molecule has 0 aromatic carbocycles. The van der Waals surface area contributed by atoms with Crippen molar-refractivity contribution in [3.63, 3.8) is 0 Å². The van der Waals surface area contributed by atoms with Gasteiger partial charge in [0.05, 0.1) is 19.5 Å². The van der Waals surface area contributed by atoms with Gasteiger partial charge in [-0.3, -0.25) is 4.90 Å². The van der Waals surface area contributed by atoms with Crippen LogP contribution in [0.1, 0.15) is 20.8 Å². The number of nitrogens with zero attached hydrogens (tertiary/aromatic N) is 1. The maximum atomic E-state index is 12.1. The molecular formula is C9H16FNO3. The fourth-order valence-corrected chi connectivity index (χ4v) is 0.914. The van der Waals surface area contributed by atoms with E-state index in [1.807, 2.05) is 0 Å². The zero-order chi connectivity index (χ0) is 11.4. The van der Waals surface area contributed by atoms with Crippen LogP contribution in [0.4, 0.5) is 9.18 Å². The van der Waals surface area contributed by atoms with E-state index in [2.05, 4.69) is 0 Å². The molecule has 0 radical (unpaired) electrons. The summed E-state index contributed by atoms with van der Waals surface area (Å²) >= 11 is 0. The number of carboxylic acid groups (broad SMARTS) is 1. The molecule has 0 aliphatic rings. The molecule has 2 N–H and O–H groups in total. The molecule has 0 aromatic rings. The minimum Gasteiger partial charge on any atom is -0.465 e. The first-order valence-electron chi connectivity index (χ1n) is 4.22. The highest BCUT2D eigenvalue weighted by Gasteiger charge is 2.26. The molecule has 0 aliphatic carbocycles. The van der Waals surface area contributed by atoms with E-state index < -0.39 is 18.2 Å². The summed E-state index contributed by atoms with van der Waals surface area (Å²) in [5, 5.41) is 17.5. The van der Waals surface area contributed by atoms with Crippen molar-refractivity contribution in [1.82, 2.24) is 4.90 Å². The molecule has 0 fully saturated rings. The average molecular weight is 205 g/mol. The number of carbonyl (C=O) groups is 1. The van der Waals surface area contributed by atoms with Crippen LogP contribution in [0, 0.1) is 0 Å². The number of rotatable bonds is 3. The second kappa shape index (κ2) is 4.95. The molecular weight excluding hydrogens is 189 g/mol. The van der Waals surface area contributed by atoms with Crippen molar-refractivity contribution < 1.29 is 19.4 Å². The molecule has 0 atom stereocenters. The predicted octanol–water partition coefficient (Wildman–Crippen LogP) is 1.61. The van der Waals surface area contributed by atoms with E-state index in [4.69, 9.17) is 10.2 Å². The lowest BCUT2D eigenvalue weighted by atomic mass is 10.1. The van der Waals surface area contributed by atoms with Gasteiger partial charge in [-0.05, 0) is 20.8 Å². The normalized spacial score (nSPS) is 12.8. The second-order valence-electron chi connectivity index (χ2n) is 3.97. The molecule has 0 saturated carbocycles. The number of halogens is 1. The van der Waals surface area contributed by atoms with Gasteiger partial charge in [-0.2, -0.15) is 0 Å². The third-order valence-electron chi connectivity index (χ3n) is 1.76. The van der Waals surface area contributed by atoms with E-state index in [1.165, 1.54) is 0 Å². The Morgan fingerprint density at radius 2 is 2.00 bits per heavy atom. The molecule has 0 bridgehead atoms. The van der Waals surface area contributed by atoms with Crippen molar-refractivity contribution >= 4 is 6.09 Å². The molecule has 0 spiro atoms. The molecule has 0 unspecified atom stereocenters. The predicted molar refractivity (Wildman–Crippen MR) is 50.8 cm³/mol. The lowest BCUT2D eigenvalue weighted by Crippen LogP contribution is -2.46. The van der Waals surface area contributed by atoms with E-state index in [1.54, 1.807) is 20.8 Å². The van der Waals surface area contributed by atoms with E-state index in [0.717, 1.165) is 4.90 Å². The van der Waals surface area contributed by atoms with Crippen LogP contribution in [-0.2, 0) is 0 Å². The first-order valence-corrected chi connectivity index (χ1v) is 4.22. The molecule has 0 aromatic heterocycles. The zero-order valence-corrected chi connectivity index (χ0v) is 8.62. The number of hydrogen-bond acceptors (Lipinski definition) is 2. The summed E-state index contributed by atoms with van der Waals surface area (Å²) in [5.74, 6) is 0. The van der Waals surface area contributed by atoms with Crippen molar-refractivity contribution in [1.29, 1.82) is 0 Å². The van der Waals surface area contributed by atoms with Crippen LogP contribution in [0.25, 0.3) is 0 Å². The highest BCUT2D eigenvalue weighted by Crippen LogP contribution is 2.15. The van der Waals surface area contributed by atoms with Gasteiger partial charge in [0, 0.05) is 11.1 Å². The van der Waals surface area contributed by atoms with Gasteiger partial charge in [-0.1, -0.05) is 0 Å². The fraction of sp³-hybridized carbons (Fsp3) is 0.667. The number of aliphatic hydroxyl groups is 1. The lowest BCUT2D eigenvalue weighted by molar-refractivity contribution is 0.104. The Kier molecular flexibility index (Phi) is 4.56. The van der Waals surface area contributed by atoms with Gasteiger partial charge < -0.3 is 10.2 Å². The topological polar surface area (TPSA) is 60.8 Å². The van der Waals surface area contributed by atoms with Crippen molar-refractivity contribution in [2.75, 3.05) is 13.2 Å². The van der Waals surface area contributed by atoms with Gasteiger partial charge in [0.15, 0.2) is 0 Å². The van der Waals surface area contributed by atoms with E-state index in [0.29, 0.717) is 0 Å². The zero-order valence-electron chi connectivity index (χ0n) is 8.62. The van der Waals surface area contributed by atoms with Crippen LogP contribution in [0.5, 0.6) is 0 Å². The summed E-state index contributed by atoms with van der Waals surface area (Å²) in [4.78, 5) is 11.9. The van der Waals surface area contributed by atoms with Gasteiger partial charge in [-0.15, -0.1) is 0 Å². The molecule has 4 nitrogen and oxygen atoms in total. The third-order valence-corrected chi connectivity index (χ3v) is 1.76. The first kappa shape index (κ1) is 12.9. The van der Waals surface area contributed by atoms with E-state index >= 15 is 0 Å². The summed E-state index contributed by atoms with van der Waals surface area (Å²) in [6, 6.07) is 0. The Bertz CT molecular complexity index is 233. The highest BCUT2D eigenvalue weighted by atomic mass is 19.1. The van der Waals surface area contributed by atoms with Crippen molar-refractivity contribution in [2.45, 2.75) is 26.3 Å². The minimum atomic E-state index is -1.13. The average Bonchev–Trinajstić information content (AvgIpc) is 2.03. The number of amides is 1. The molecule has 1 amide bonds. The second-order valence-corrected chi connectivity index (χ2v) is 3.97. The summed E-state index contributed by atoms with van der Waals surface area (Å²) in [5.41, 5.74) is -0.572. The van der Waals surface area contributed by atoms with Gasteiger partial charge in [0.2, 0.25) is 0 Å². The SMILES string of the molecule is CC(C)(C)N(CC(=CF)CO)C(=O)O. The molecule has 0 rings (SSSR count). The molecule has 5 heteroatoms. The van der Waals surface area contributed by atoms with Crippen LogP contribution in [-0.4, -0.2) is 39.9 Å². The van der Waals surface area contributed by atoms with E-state index in [-0.39, 0.29) is 18.4 Å². The van der Waals surface area contributed by atoms with Crippen LogP contribution in [0.15, 0.2) is 11.9 Å². The first-order chi connectivity index (χ1) is 6.32. The monoisotopic (exact) mass is 205 g/mol. The van der Waals surface area contributed by atoms with Gasteiger partial charge in [-0.25, -0.2) is 9.18 Å². The lowest BCUT2D eigenvalue weighted by Gasteiger charge is -2.33. The van der Waals surface area contributed by atoms with Crippen molar-refractivity contribution in [2.24, 2.45) is 0 Å². The quantitative estimate of drug-likeness (QED) is 0.735. The summed E-state index contributed by atoms with van der Waals surface area (Å²) < 4.78 is 12.1. The molecule has 0 aliphatic heterocycles. The van der Waals surface area contributed by atoms with Crippen LogP contribution < -0.4 is 0 Å². The maximum Gasteiger partial charge on any atom is 0.408 e. The summed E-state index contributed by atoms with van der Waals surface area (Å²) in [6.45, 7) is 4.51. The Morgan fingerprint density at radius 1 is 1.50 bits per heavy atom. The van der Waals surface area contributed by atoms with Crippen molar-refractivity contribution in [3.05, 3.63) is 11.9 Å². The van der Waals surface area contributed by atoms with Crippen LogP contribution in [0.3, 0.4) is 0 Å².